The summed E-state index contributed by atoms with van der Waals surface area (Å²) in [4.78, 5) is 16.7. The van der Waals surface area contributed by atoms with Gasteiger partial charge in [0.25, 0.3) is 5.91 Å². The normalized spacial score (nSPS) is 12.6. The number of nitrogens with two attached hydrogens (primary N) is 1. The molecule has 1 atom stereocenters. The first kappa shape index (κ1) is 18.9. The summed E-state index contributed by atoms with van der Waals surface area (Å²) in [7, 11) is 0. The number of aromatic nitrogens is 1. The highest BCUT2D eigenvalue weighted by Gasteiger charge is 2.18. The number of carbonyl (C=O) groups excluding carboxylic acids is 1. The van der Waals surface area contributed by atoms with E-state index in [0.717, 1.165) is 5.56 Å². The van der Waals surface area contributed by atoms with E-state index in [0.29, 0.717) is 18.0 Å². The lowest BCUT2D eigenvalue weighted by atomic mass is 9.87. The zero-order chi connectivity index (χ0) is 19.4. The van der Waals surface area contributed by atoms with Crippen LogP contribution >= 0.6 is 0 Å². The number of anilines is 1. The van der Waals surface area contributed by atoms with E-state index in [1.807, 2.05) is 54.6 Å². The summed E-state index contributed by atoms with van der Waals surface area (Å²) in [6, 6.07) is 17.3. The first-order valence-corrected chi connectivity index (χ1v) is 9.00. The van der Waals surface area contributed by atoms with Crippen LogP contribution in [0.3, 0.4) is 0 Å². The molecule has 0 aliphatic rings. The van der Waals surface area contributed by atoms with Crippen LogP contribution in [0.25, 0.3) is 0 Å². The molecule has 0 saturated heterocycles. The molecule has 0 aliphatic heterocycles. The standard InChI is InChI=1S/C22H25N3O2/c1-22(2,3)16-9-11-17(12-10-16)24-20(26)19-14-27-21(25-19)18(23)13-15-7-5-4-6-8-15/h4-12,14,18H,13,23H2,1-3H3,(H,24,26). The lowest BCUT2D eigenvalue weighted by molar-refractivity contribution is 0.102. The molecule has 0 aliphatic carbocycles. The molecule has 3 aromatic rings. The Morgan fingerprint density at radius 2 is 1.78 bits per heavy atom. The van der Waals surface area contributed by atoms with Crippen molar-refractivity contribution in [3.05, 3.63) is 83.6 Å². The maximum atomic E-state index is 12.4. The third kappa shape index (κ3) is 4.83. The Bertz CT molecular complexity index is 893. The summed E-state index contributed by atoms with van der Waals surface area (Å²) in [5.74, 6) is 0.0347. The first-order valence-electron chi connectivity index (χ1n) is 9.00. The van der Waals surface area contributed by atoms with E-state index in [9.17, 15) is 4.79 Å². The molecule has 3 N–H and O–H groups in total. The molecule has 0 saturated carbocycles. The number of carbonyl (C=O) groups is 1. The second kappa shape index (κ2) is 7.76. The molecular weight excluding hydrogens is 338 g/mol. The molecule has 0 spiro atoms. The zero-order valence-electron chi connectivity index (χ0n) is 15.9. The molecule has 5 heteroatoms. The van der Waals surface area contributed by atoms with E-state index >= 15 is 0 Å². The van der Waals surface area contributed by atoms with Gasteiger partial charge in [-0.05, 0) is 35.1 Å². The highest BCUT2D eigenvalue weighted by Crippen LogP contribution is 2.24. The molecule has 5 nitrogen and oxygen atoms in total. The number of amides is 1. The minimum Gasteiger partial charge on any atom is -0.446 e. The molecule has 2 aromatic carbocycles. The lowest BCUT2D eigenvalue weighted by Crippen LogP contribution is -2.16. The van der Waals surface area contributed by atoms with E-state index in [4.69, 9.17) is 10.2 Å². The molecular formula is C22H25N3O2. The molecule has 3 rings (SSSR count). The Morgan fingerprint density at radius 3 is 2.41 bits per heavy atom. The fraction of sp³-hybridized carbons (Fsp3) is 0.273. The topological polar surface area (TPSA) is 81.2 Å². The van der Waals surface area contributed by atoms with E-state index in [1.165, 1.54) is 11.8 Å². The lowest BCUT2D eigenvalue weighted by Gasteiger charge is -2.19. The van der Waals surface area contributed by atoms with Crippen molar-refractivity contribution in [2.75, 3.05) is 5.32 Å². The van der Waals surface area contributed by atoms with Crippen molar-refractivity contribution < 1.29 is 9.21 Å². The fourth-order valence-electron chi connectivity index (χ4n) is 2.77. The van der Waals surface area contributed by atoms with Crippen molar-refractivity contribution >= 4 is 11.6 Å². The molecule has 27 heavy (non-hydrogen) atoms. The Kier molecular flexibility index (Phi) is 5.42. The fourth-order valence-corrected chi connectivity index (χ4v) is 2.77. The van der Waals surface area contributed by atoms with Gasteiger partial charge in [-0.15, -0.1) is 0 Å². The van der Waals surface area contributed by atoms with Gasteiger partial charge < -0.3 is 15.5 Å². The predicted molar refractivity (Wildman–Crippen MR) is 107 cm³/mol. The summed E-state index contributed by atoms with van der Waals surface area (Å²) in [6.07, 6.45) is 1.94. The second-order valence-electron chi connectivity index (χ2n) is 7.65. The summed E-state index contributed by atoms with van der Waals surface area (Å²) in [5, 5.41) is 2.84. The van der Waals surface area contributed by atoms with Crippen LogP contribution < -0.4 is 11.1 Å². The highest BCUT2D eigenvalue weighted by atomic mass is 16.3. The number of nitrogens with zero attached hydrogens (tertiary/aromatic N) is 1. The van der Waals surface area contributed by atoms with Gasteiger partial charge >= 0.3 is 0 Å². The number of benzene rings is 2. The van der Waals surface area contributed by atoms with Gasteiger partial charge in [0.15, 0.2) is 5.69 Å². The minimum absolute atomic E-state index is 0.0679. The van der Waals surface area contributed by atoms with Crippen molar-refractivity contribution in [3.8, 4) is 0 Å². The summed E-state index contributed by atoms with van der Waals surface area (Å²) in [6.45, 7) is 6.45. The maximum Gasteiger partial charge on any atom is 0.277 e. The minimum atomic E-state index is -0.403. The van der Waals surface area contributed by atoms with Crippen LogP contribution in [0.1, 0.15) is 54.3 Å². The van der Waals surface area contributed by atoms with E-state index < -0.39 is 6.04 Å². The molecule has 0 radical (unpaired) electrons. The SMILES string of the molecule is CC(C)(C)c1ccc(NC(=O)c2coc(C(N)Cc3ccccc3)n2)cc1. The van der Waals surface area contributed by atoms with Crippen molar-refractivity contribution in [1.82, 2.24) is 4.98 Å². The highest BCUT2D eigenvalue weighted by molar-refractivity contribution is 6.02. The van der Waals surface area contributed by atoms with Gasteiger partial charge in [0.1, 0.15) is 6.26 Å². The zero-order valence-corrected chi connectivity index (χ0v) is 15.9. The van der Waals surface area contributed by atoms with E-state index in [1.54, 1.807) is 0 Å². The van der Waals surface area contributed by atoms with Crippen molar-refractivity contribution in [1.29, 1.82) is 0 Å². The van der Waals surface area contributed by atoms with Crippen LogP contribution in [0.4, 0.5) is 5.69 Å². The van der Waals surface area contributed by atoms with Gasteiger partial charge in [-0.1, -0.05) is 63.2 Å². The van der Waals surface area contributed by atoms with Crippen LogP contribution in [-0.4, -0.2) is 10.9 Å². The number of nitrogens with one attached hydrogen (secondary N) is 1. The van der Waals surface area contributed by atoms with E-state index in [-0.39, 0.29) is 17.0 Å². The van der Waals surface area contributed by atoms with Gasteiger partial charge in [-0.25, -0.2) is 4.98 Å². The summed E-state index contributed by atoms with van der Waals surface area (Å²) < 4.78 is 5.42. The Balaban J connectivity index is 1.64. The molecule has 1 aromatic heterocycles. The van der Waals surface area contributed by atoms with Crippen molar-refractivity contribution in [3.63, 3.8) is 0 Å². The van der Waals surface area contributed by atoms with Crippen molar-refractivity contribution in [2.24, 2.45) is 5.73 Å². The average molecular weight is 363 g/mol. The Labute approximate surface area is 159 Å². The van der Waals surface area contributed by atoms with Gasteiger partial charge in [0.05, 0.1) is 6.04 Å². The first-order chi connectivity index (χ1) is 12.8. The Hall–Kier alpha value is -2.92. The van der Waals surface area contributed by atoms with Gasteiger partial charge in [0.2, 0.25) is 5.89 Å². The van der Waals surface area contributed by atoms with Crippen LogP contribution in [-0.2, 0) is 11.8 Å². The molecule has 0 bridgehead atoms. The number of hydrogen-bond donors (Lipinski definition) is 2. The largest absolute Gasteiger partial charge is 0.446 e. The van der Waals surface area contributed by atoms with Crippen LogP contribution in [0, 0.1) is 0 Å². The second-order valence-corrected chi connectivity index (χ2v) is 7.65. The van der Waals surface area contributed by atoms with Gasteiger partial charge in [-0.2, -0.15) is 0 Å². The van der Waals surface area contributed by atoms with Crippen LogP contribution in [0.15, 0.2) is 65.3 Å². The number of hydrogen-bond acceptors (Lipinski definition) is 4. The summed E-state index contributed by atoms with van der Waals surface area (Å²) >= 11 is 0. The average Bonchev–Trinajstić information content (AvgIpc) is 3.13. The van der Waals surface area contributed by atoms with Crippen molar-refractivity contribution in [2.45, 2.75) is 38.6 Å². The quantitative estimate of drug-likeness (QED) is 0.701. The molecule has 140 valence electrons. The van der Waals surface area contributed by atoms with Crippen LogP contribution in [0.5, 0.6) is 0 Å². The number of rotatable bonds is 5. The smallest absolute Gasteiger partial charge is 0.277 e. The number of oxazole rings is 1. The summed E-state index contributed by atoms with van der Waals surface area (Å²) in [5.41, 5.74) is 9.46. The molecule has 1 amide bonds. The van der Waals surface area contributed by atoms with E-state index in [2.05, 4.69) is 31.1 Å². The third-order valence-electron chi connectivity index (χ3n) is 4.38. The maximum absolute atomic E-state index is 12.4. The van der Waals surface area contributed by atoms with Crippen LogP contribution in [0.2, 0.25) is 0 Å². The van der Waals surface area contributed by atoms with Gasteiger partial charge in [0, 0.05) is 5.69 Å². The molecule has 0 fully saturated rings. The third-order valence-corrected chi connectivity index (χ3v) is 4.38. The van der Waals surface area contributed by atoms with Gasteiger partial charge in [-0.3, -0.25) is 4.79 Å². The molecule has 1 heterocycles. The monoisotopic (exact) mass is 363 g/mol. The molecule has 1 unspecified atom stereocenters. The Morgan fingerprint density at radius 1 is 1.11 bits per heavy atom. The predicted octanol–water partition coefficient (Wildman–Crippen LogP) is 4.47.